The summed E-state index contributed by atoms with van der Waals surface area (Å²) in [7, 11) is 0. The van der Waals surface area contributed by atoms with E-state index < -0.39 is 0 Å². The summed E-state index contributed by atoms with van der Waals surface area (Å²) in [6.07, 6.45) is 6.31. The molecule has 0 aliphatic heterocycles. The second-order valence-electron chi connectivity index (χ2n) is 12.4. The van der Waals surface area contributed by atoms with Crippen molar-refractivity contribution in [3.05, 3.63) is 169 Å². The highest BCUT2D eigenvalue weighted by molar-refractivity contribution is 7.20. The molecule has 242 valence electrons. The molecule has 0 bridgehead atoms. The van der Waals surface area contributed by atoms with Crippen molar-refractivity contribution in [1.82, 2.24) is 19.5 Å². The molecule has 0 saturated heterocycles. The SMILES string of the molecule is C=Cc1sc2ccc3c(c4ccccc4n3-c3cccc(-c4ccc(-c5nc(-c6ccccc6)nc(-c6ccccc6)n5)cc4)c3)c2c1/C=C\C. The number of rotatable bonds is 7. The molecule has 0 radical (unpaired) electrons. The van der Waals surface area contributed by atoms with Crippen LogP contribution in [0.4, 0.5) is 0 Å². The molecule has 0 fully saturated rings. The smallest absolute Gasteiger partial charge is 0.164 e. The Morgan fingerprint density at radius 1 is 0.549 bits per heavy atom. The standard InChI is InChI=1S/C46H32N4S/c1-3-14-37-40(4-2)51-41-28-27-39-42(43(37)41)36-21-11-12-22-38(36)50(39)35-20-13-19-34(29-35)30-23-25-33(26-24-30)46-48-44(31-15-7-5-8-16-31)47-45(49-46)32-17-9-6-10-18-32/h3-29H,2H2,1H3/b14-3-. The van der Waals surface area contributed by atoms with Gasteiger partial charge < -0.3 is 4.57 Å². The van der Waals surface area contributed by atoms with E-state index in [9.17, 15) is 0 Å². The number of allylic oxidation sites excluding steroid dienone is 1. The highest BCUT2D eigenvalue weighted by Crippen LogP contribution is 2.43. The maximum atomic E-state index is 4.92. The van der Waals surface area contributed by atoms with Gasteiger partial charge in [-0.2, -0.15) is 0 Å². The molecule has 5 heteroatoms. The summed E-state index contributed by atoms with van der Waals surface area (Å²) in [6.45, 7) is 6.19. The first-order valence-corrected chi connectivity index (χ1v) is 17.8. The predicted octanol–water partition coefficient (Wildman–Crippen LogP) is 12.5. The third kappa shape index (κ3) is 5.36. The molecule has 0 N–H and O–H groups in total. The van der Waals surface area contributed by atoms with Crippen LogP contribution in [0.25, 0.3) is 95.0 Å². The van der Waals surface area contributed by atoms with Crippen LogP contribution in [0.15, 0.2) is 158 Å². The Labute approximate surface area is 300 Å². The average Bonchev–Trinajstić information content (AvgIpc) is 3.73. The Balaban J connectivity index is 1.14. The summed E-state index contributed by atoms with van der Waals surface area (Å²) >= 11 is 1.80. The van der Waals surface area contributed by atoms with Gasteiger partial charge in [0.1, 0.15) is 0 Å². The largest absolute Gasteiger partial charge is 0.309 e. The van der Waals surface area contributed by atoms with E-state index in [2.05, 4.69) is 115 Å². The van der Waals surface area contributed by atoms with Crippen molar-refractivity contribution in [3.8, 4) is 51.0 Å². The number of benzene rings is 6. The third-order valence-corrected chi connectivity index (χ3v) is 10.5. The minimum Gasteiger partial charge on any atom is -0.309 e. The van der Waals surface area contributed by atoms with Gasteiger partial charge in [0.25, 0.3) is 0 Å². The summed E-state index contributed by atoms with van der Waals surface area (Å²) in [5.41, 5.74) is 9.82. The molecular formula is C46H32N4S. The fraction of sp³-hybridized carbons (Fsp3) is 0.0217. The normalized spacial score (nSPS) is 11.6. The number of aromatic nitrogens is 4. The molecule has 6 aromatic carbocycles. The Morgan fingerprint density at radius 3 is 1.78 bits per heavy atom. The highest BCUT2D eigenvalue weighted by atomic mass is 32.1. The molecule has 0 aliphatic carbocycles. The minimum absolute atomic E-state index is 0.643. The van der Waals surface area contributed by atoms with Gasteiger partial charge in [0.05, 0.1) is 11.0 Å². The molecule has 9 aromatic rings. The second kappa shape index (κ2) is 12.8. The van der Waals surface area contributed by atoms with Crippen molar-refractivity contribution >= 4 is 55.4 Å². The van der Waals surface area contributed by atoms with E-state index in [4.69, 9.17) is 15.0 Å². The van der Waals surface area contributed by atoms with Crippen LogP contribution < -0.4 is 0 Å². The van der Waals surface area contributed by atoms with E-state index in [1.165, 1.54) is 42.3 Å². The molecule has 0 atom stereocenters. The van der Waals surface area contributed by atoms with Gasteiger partial charge in [-0.25, -0.2) is 15.0 Å². The Morgan fingerprint density at radius 2 is 1.14 bits per heavy atom. The van der Waals surface area contributed by atoms with Gasteiger partial charge in [-0.15, -0.1) is 11.3 Å². The van der Waals surface area contributed by atoms with Crippen LogP contribution >= 0.6 is 11.3 Å². The number of nitrogens with zero attached hydrogens (tertiary/aromatic N) is 4. The number of hydrogen-bond acceptors (Lipinski definition) is 4. The first-order valence-electron chi connectivity index (χ1n) is 17.0. The zero-order valence-corrected chi connectivity index (χ0v) is 28.8. The molecule has 0 unspecified atom stereocenters. The van der Waals surface area contributed by atoms with Gasteiger partial charge in [-0.3, -0.25) is 0 Å². The monoisotopic (exact) mass is 672 g/mol. The number of thiophene rings is 1. The summed E-state index contributed by atoms with van der Waals surface area (Å²) in [4.78, 5) is 15.9. The van der Waals surface area contributed by atoms with Crippen molar-refractivity contribution < 1.29 is 0 Å². The van der Waals surface area contributed by atoms with Crippen LogP contribution in [-0.2, 0) is 0 Å². The van der Waals surface area contributed by atoms with Crippen molar-refractivity contribution in [1.29, 1.82) is 0 Å². The van der Waals surface area contributed by atoms with E-state index >= 15 is 0 Å². The van der Waals surface area contributed by atoms with E-state index in [1.54, 1.807) is 11.3 Å². The lowest BCUT2D eigenvalue weighted by molar-refractivity contribution is 1.07. The topological polar surface area (TPSA) is 43.6 Å². The average molecular weight is 673 g/mol. The fourth-order valence-electron chi connectivity index (χ4n) is 7.03. The van der Waals surface area contributed by atoms with Crippen LogP contribution in [-0.4, -0.2) is 19.5 Å². The summed E-state index contributed by atoms with van der Waals surface area (Å²) in [6, 6.07) is 50.7. The first kappa shape index (κ1) is 30.6. The summed E-state index contributed by atoms with van der Waals surface area (Å²) in [5.74, 6) is 1.95. The molecule has 0 spiro atoms. The Hall–Kier alpha value is -6.43. The van der Waals surface area contributed by atoms with Crippen molar-refractivity contribution in [2.45, 2.75) is 6.92 Å². The quantitative estimate of drug-likeness (QED) is 0.169. The zero-order valence-electron chi connectivity index (χ0n) is 28.0. The van der Waals surface area contributed by atoms with Gasteiger partial charge in [-0.05, 0) is 48.4 Å². The maximum Gasteiger partial charge on any atom is 0.164 e. The predicted molar refractivity (Wildman–Crippen MR) is 216 cm³/mol. The second-order valence-corrected chi connectivity index (χ2v) is 13.5. The number of para-hydroxylation sites is 1. The van der Waals surface area contributed by atoms with Crippen LogP contribution in [0, 0.1) is 0 Å². The third-order valence-electron chi connectivity index (χ3n) is 9.35. The highest BCUT2D eigenvalue weighted by Gasteiger charge is 2.19. The lowest BCUT2D eigenvalue weighted by atomic mass is 10.0. The molecule has 9 rings (SSSR count). The van der Waals surface area contributed by atoms with Crippen molar-refractivity contribution in [2.75, 3.05) is 0 Å². The maximum absolute atomic E-state index is 4.92. The molecule has 0 saturated carbocycles. The fourth-order valence-corrected chi connectivity index (χ4v) is 8.08. The van der Waals surface area contributed by atoms with E-state index in [0.717, 1.165) is 33.5 Å². The van der Waals surface area contributed by atoms with Gasteiger partial charge in [-0.1, -0.05) is 140 Å². The van der Waals surface area contributed by atoms with Crippen LogP contribution in [0.5, 0.6) is 0 Å². The molecular weight excluding hydrogens is 641 g/mol. The molecule has 0 aliphatic rings. The Kier molecular flexibility index (Phi) is 7.68. The molecule has 3 heterocycles. The van der Waals surface area contributed by atoms with Crippen molar-refractivity contribution in [3.63, 3.8) is 0 Å². The van der Waals surface area contributed by atoms with E-state index in [1.807, 2.05) is 66.7 Å². The van der Waals surface area contributed by atoms with Gasteiger partial charge in [0.15, 0.2) is 17.5 Å². The van der Waals surface area contributed by atoms with Crippen LogP contribution in [0.1, 0.15) is 17.4 Å². The molecule has 4 nitrogen and oxygen atoms in total. The summed E-state index contributed by atoms with van der Waals surface area (Å²) < 4.78 is 3.67. The van der Waals surface area contributed by atoms with Crippen LogP contribution in [0.3, 0.4) is 0 Å². The van der Waals surface area contributed by atoms with Gasteiger partial charge in [0, 0.05) is 53.7 Å². The van der Waals surface area contributed by atoms with Crippen LogP contribution in [0.2, 0.25) is 0 Å². The Bertz CT molecular complexity index is 2700. The molecule has 51 heavy (non-hydrogen) atoms. The molecule has 3 aromatic heterocycles. The lowest BCUT2D eigenvalue weighted by Gasteiger charge is -2.11. The minimum atomic E-state index is 0.643. The van der Waals surface area contributed by atoms with Crippen molar-refractivity contribution in [2.24, 2.45) is 0 Å². The van der Waals surface area contributed by atoms with E-state index in [0.29, 0.717) is 17.5 Å². The van der Waals surface area contributed by atoms with Gasteiger partial charge in [0.2, 0.25) is 0 Å². The van der Waals surface area contributed by atoms with Gasteiger partial charge >= 0.3 is 0 Å². The number of hydrogen-bond donors (Lipinski definition) is 0. The van der Waals surface area contributed by atoms with E-state index in [-0.39, 0.29) is 0 Å². The zero-order chi connectivity index (χ0) is 34.3. The number of fused-ring (bicyclic) bond motifs is 5. The summed E-state index contributed by atoms with van der Waals surface area (Å²) in [5, 5.41) is 3.81. The lowest BCUT2D eigenvalue weighted by Crippen LogP contribution is -2.00. The molecule has 0 amide bonds. The first-order chi connectivity index (χ1) is 25.2.